The summed E-state index contributed by atoms with van der Waals surface area (Å²) in [6, 6.07) is 19.8. The van der Waals surface area contributed by atoms with E-state index < -0.39 is 0 Å². The average molecular weight is 403 g/mol. The molecule has 2 heterocycles. The maximum atomic E-state index is 9.93. The summed E-state index contributed by atoms with van der Waals surface area (Å²) in [5.74, 6) is 1.11. The highest BCUT2D eigenvalue weighted by Crippen LogP contribution is 2.25. The number of benzene rings is 2. The fourth-order valence-corrected chi connectivity index (χ4v) is 3.34. The summed E-state index contributed by atoms with van der Waals surface area (Å²) in [5.41, 5.74) is 3.60. The zero-order valence-electron chi connectivity index (χ0n) is 17.2. The van der Waals surface area contributed by atoms with Gasteiger partial charge in [0.1, 0.15) is 0 Å². The summed E-state index contributed by atoms with van der Waals surface area (Å²) in [4.78, 5) is 13.9. The molecule has 0 aliphatic rings. The van der Waals surface area contributed by atoms with Crippen molar-refractivity contribution >= 4 is 22.9 Å². The smallest absolute Gasteiger partial charge is 0.227 e. The number of fused-ring (bicyclic) bond motifs is 1. The van der Waals surface area contributed by atoms with Gasteiger partial charge in [0.15, 0.2) is 17.0 Å². The Morgan fingerprint density at radius 3 is 2.33 bits per heavy atom. The molecule has 2 aromatic carbocycles. The van der Waals surface area contributed by atoms with Crippen LogP contribution >= 0.6 is 0 Å². The molecule has 0 aliphatic carbocycles. The fraction of sp³-hybridized carbons (Fsp3) is 0.261. The molecule has 4 rings (SSSR count). The van der Waals surface area contributed by atoms with Gasteiger partial charge in [-0.15, -0.1) is 0 Å². The van der Waals surface area contributed by atoms with Gasteiger partial charge in [0.25, 0.3) is 0 Å². The number of hydrogen-bond donors (Lipinski definition) is 3. The number of hydrogen-bond acceptors (Lipinski definition) is 6. The summed E-state index contributed by atoms with van der Waals surface area (Å²) in [5, 5.41) is 16.6. The minimum atomic E-state index is -0.305. The first-order valence-electron chi connectivity index (χ1n) is 10.1. The van der Waals surface area contributed by atoms with E-state index in [0.29, 0.717) is 18.3 Å². The molecule has 30 heavy (non-hydrogen) atoms. The number of rotatable bonds is 8. The van der Waals surface area contributed by atoms with Crippen LogP contribution in [0.15, 0.2) is 67.0 Å². The molecule has 3 N–H and O–H groups in total. The van der Waals surface area contributed by atoms with Crippen LogP contribution in [0.2, 0.25) is 0 Å². The van der Waals surface area contributed by atoms with E-state index in [1.54, 1.807) is 6.33 Å². The lowest BCUT2D eigenvalue weighted by Crippen LogP contribution is -2.17. The van der Waals surface area contributed by atoms with E-state index in [1.165, 1.54) is 0 Å². The van der Waals surface area contributed by atoms with Crippen LogP contribution in [-0.2, 0) is 6.54 Å². The zero-order chi connectivity index (χ0) is 20.9. The van der Waals surface area contributed by atoms with Gasteiger partial charge in [-0.05, 0) is 25.0 Å². The molecule has 2 aromatic heterocycles. The lowest BCUT2D eigenvalue weighted by atomic mass is 10.1. The van der Waals surface area contributed by atoms with Crippen LogP contribution in [-0.4, -0.2) is 31.2 Å². The molecule has 0 saturated carbocycles. The minimum absolute atomic E-state index is 0.0678. The maximum Gasteiger partial charge on any atom is 0.227 e. The third-order valence-corrected chi connectivity index (χ3v) is 4.97. The molecule has 154 valence electrons. The van der Waals surface area contributed by atoms with Gasteiger partial charge in [0.05, 0.1) is 19.0 Å². The van der Waals surface area contributed by atoms with Gasteiger partial charge in [-0.25, -0.2) is 4.98 Å². The molecule has 1 unspecified atom stereocenters. The van der Waals surface area contributed by atoms with Crippen LogP contribution in [0.25, 0.3) is 11.2 Å². The van der Waals surface area contributed by atoms with Crippen molar-refractivity contribution in [3.05, 3.63) is 78.1 Å². The van der Waals surface area contributed by atoms with Crippen molar-refractivity contribution in [2.45, 2.75) is 32.5 Å². The molecule has 1 atom stereocenters. The molecule has 0 aliphatic heterocycles. The van der Waals surface area contributed by atoms with Crippen LogP contribution in [0.1, 0.15) is 37.1 Å². The first kappa shape index (κ1) is 19.8. The third-order valence-electron chi connectivity index (χ3n) is 4.97. The van der Waals surface area contributed by atoms with Crippen molar-refractivity contribution in [1.82, 2.24) is 19.5 Å². The Kier molecular flexibility index (Phi) is 5.90. The number of imidazole rings is 1. The monoisotopic (exact) mass is 402 g/mol. The SMILES string of the molecule is CC(C)n1cnc2c(NCc3ccccc3)nc(NC(CO)c3ccccc3)nc21. The second-order valence-corrected chi connectivity index (χ2v) is 7.44. The van der Waals surface area contributed by atoms with Crippen molar-refractivity contribution in [1.29, 1.82) is 0 Å². The van der Waals surface area contributed by atoms with Crippen LogP contribution < -0.4 is 10.6 Å². The van der Waals surface area contributed by atoms with Crippen molar-refractivity contribution in [3.8, 4) is 0 Å². The maximum absolute atomic E-state index is 9.93. The molecular weight excluding hydrogens is 376 g/mol. The molecule has 7 nitrogen and oxygen atoms in total. The molecule has 0 saturated heterocycles. The number of aromatic nitrogens is 4. The first-order valence-corrected chi connectivity index (χ1v) is 10.1. The quantitative estimate of drug-likeness (QED) is 0.410. The minimum Gasteiger partial charge on any atom is -0.394 e. The Morgan fingerprint density at radius 1 is 0.967 bits per heavy atom. The molecule has 0 radical (unpaired) electrons. The van der Waals surface area contributed by atoms with Crippen molar-refractivity contribution in [3.63, 3.8) is 0 Å². The molecular formula is C23H26N6O. The number of nitrogens with zero attached hydrogens (tertiary/aromatic N) is 4. The fourth-order valence-electron chi connectivity index (χ4n) is 3.34. The third kappa shape index (κ3) is 4.26. The molecule has 0 amide bonds. The van der Waals surface area contributed by atoms with E-state index in [4.69, 9.17) is 4.98 Å². The van der Waals surface area contributed by atoms with Gasteiger partial charge >= 0.3 is 0 Å². The Morgan fingerprint density at radius 2 is 1.67 bits per heavy atom. The van der Waals surface area contributed by atoms with Crippen molar-refractivity contribution < 1.29 is 5.11 Å². The van der Waals surface area contributed by atoms with E-state index in [-0.39, 0.29) is 18.7 Å². The van der Waals surface area contributed by atoms with E-state index >= 15 is 0 Å². The number of aliphatic hydroxyl groups is 1. The van der Waals surface area contributed by atoms with Gasteiger partial charge in [-0.3, -0.25) is 0 Å². The highest BCUT2D eigenvalue weighted by molar-refractivity contribution is 5.84. The van der Waals surface area contributed by atoms with E-state index in [0.717, 1.165) is 22.3 Å². The summed E-state index contributed by atoms with van der Waals surface area (Å²) in [6.07, 6.45) is 1.79. The topological polar surface area (TPSA) is 87.9 Å². The second-order valence-electron chi connectivity index (χ2n) is 7.44. The molecule has 4 aromatic rings. The predicted molar refractivity (Wildman–Crippen MR) is 119 cm³/mol. The predicted octanol–water partition coefficient (Wildman–Crippen LogP) is 4.16. The summed E-state index contributed by atoms with van der Waals surface area (Å²) in [6.45, 7) is 4.74. The number of aliphatic hydroxyl groups excluding tert-OH is 1. The number of nitrogens with one attached hydrogen (secondary N) is 2. The summed E-state index contributed by atoms with van der Waals surface area (Å²) in [7, 11) is 0. The first-order chi connectivity index (χ1) is 14.7. The Labute approximate surface area is 175 Å². The van der Waals surface area contributed by atoms with Crippen LogP contribution in [0.4, 0.5) is 11.8 Å². The van der Waals surface area contributed by atoms with Crippen molar-refractivity contribution in [2.75, 3.05) is 17.2 Å². The lowest BCUT2D eigenvalue weighted by molar-refractivity contribution is 0.276. The van der Waals surface area contributed by atoms with E-state index in [2.05, 4.69) is 46.6 Å². The van der Waals surface area contributed by atoms with Gasteiger partial charge in [0.2, 0.25) is 5.95 Å². The van der Waals surface area contributed by atoms with Crippen LogP contribution in [0.3, 0.4) is 0 Å². The zero-order valence-corrected chi connectivity index (χ0v) is 17.2. The normalized spacial score (nSPS) is 12.3. The Hall–Kier alpha value is -3.45. The van der Waals surface area contributed by atoms with E-state index in [1.807, 2.05) is 53.1 Å². The number of anilines is 2. The van der Waals surface area contributed by atoms with Gasteiger partial charge < -0.3 is 20.3 Å². The molecule has 0 fully saturated rings. The average Bonchev–Trinajstić information content (AvgIpc) is 3.21. The van der Waals surface area contributed by atoms with Crippen molar-refractivity contribution in [2.24, 2.45) is 0 Å². The molecule has 0 bridgehead atoms. The standard InChI is InChI=1S/C23H26N6O/c1-16(2)29-15-25-20-21(24-13-17-9-5-3-6-10-17)27-23(28-22(20)29)26-19(14-30)18-11-7-4-8-12-18/h3-12,15-16,19,30H,13-14H2,1-2H3,(H2,24,26,27,28). The summed E-state index contributed by atoms with van der Waals surface area (Å²) >= 11 is 0. The van der Waals surface area contributed by atoms with Gasteiger partial charge in [0, 0.05) is 12.6 Å². The molecule has 7 heteroatoms. The second kappa shape index (κ2) is 8.92. The van der Waals surface area contributed by atoms with E-state index in [9.17, 15) is 5.11 Å². The van der Waals surface area contributed by atoms with Gasteiger partial charge in [-0.1, -0.05) is 60.7 Å². The summed E-state index contributed by atoms with van der Waals surface area (Å²) < 4.78 is 2.02. The molecule has 0 spiro atoms. The Bertz CT molecular complexity index is 1090. The Balaban J connectivity index is 1.69. The lowest BCUT2D eigenvalue weighted by Gasteiger charge is -2.18. The largest absolute Gasteiger partial charge is 0.394 e. The van der Waals surface area contributed by atoms with Gasteiger partial charge in [-0.2, -0.15) is 9.97 Å². The highest BCUT2D eigenvalue weighted by atomic mass is 16.3. The van der Waals surface area contributed by atoms with Crippen LogP contribution in [0, 0.1) is 0 Å². The highest BCUT2D eigenvalue weighted by Gasteiger charge is 2.17. The van der Waals surface area contributed by atoms with Crippen LogP contribution in [0.5, 0.6) is 0 Å².